The Labute approximate surface area is 184 Å². The molecule has 2 aliphatic rings. The Morgan fingerprint density at radius 3 is 2.59 bits per heavy atom. The van der Waals surface area contributed by atoms with Crippen LogP contribution in [0.5, 0.6) is 0 Å². The van der Waals surface area contributed by atoms with E-state index in [0.29, 0.717) is 39.8 Å². The number of pyridine rings is 3. The molecule has 4 N–H and O–H groups in total. The largest absolute Gasteiger partial charge is 0.393 e. The van der Waals surface area contributed by atoms with Crippen molar-refractivity contribution in [1.29, 1.82) is 5.41 Å². The van der Waals surface area contributed by atoms with Gasteiger partial charge in [-0.3, -0.25) is 10.4 Å². The molecule has 0 saturated carbocycles. The monoisotopic (exact) mass is 423 g/mol. The van der Waals surface area contributed by atoms with E-state index in [4.69, 9.17) is 10.4 Å². The van der Waals surface area contributed by atoms with E-state index in [2.05, 4.69) is 36.1 Å². The molecule has 0 spiro atoms. The number of rotatable bonds is 1. The quantitative estimate of drug-likeness (QED) is 0.365. The Morgan fingerprint density at radius 2 is 1.78 bits per heavy atom. The summed E-state index contributed by atoms with van der Waals surface area (Å²) in [5.74, 6) is 1.94. The van der Waals surface area contributed by atoms with Crippen LogP contribution < -0.4 is 16.0 Å². The highest BCUT2D eigenvalue weighted by molar-refractivity contribution is 6.30. The first-order chi connectivity index (χ1) is 15.6. The lowest BCUT2D eigenvalue weighted by atomic mass is 9.98. The summed E-state index contributed by atoms with van der Waals surface area (Å²) in [6.45, 7) is 2.03. The van der Waals surface area contributed by atoms with Crippen molar-refractivity contribution in [2.75, 3.05) is 17.7 Å². The SMILES string of the molecule is CN/C=C1\C(=N)c2ccc(nc2)NC(C)c2cnnc(c2)Nc2ccc3ncc1cc3n2. The molecule has 4 aromatic rings. The topological polar surface area (TPSA) is 124 Å². The summed E-state index contributed by atoms with van der Waals surface area (Å²) in [6.07, 6.45) is 6.96. The number of aromatic nitrogens is 5. The van der Waals surface area contributed by atoms with Crippen LogP contribution in [0.4, 0.5) is 17.5 Å². The van der Waals surface area contributed by atoms with E-state index in [1.807, 2.05) is 43.3 Å². The Hall–Kier alpha value is -4.40. The highest BCUT2D eigenvalue weighted by Gasteiger charge is 2.15. The van der Waals surface area contributed by atoms with Crippen LogP contribution >= 0.6 is 0 Å². The summed E-state index contributed by atoms with van der Waals surface area (Å²) in [6, 6.07) is 11.3. The number of hydrogen-bond donors (Lipinski definition) is 4. The standard InChI is InChI=1S/C23H21N9/c1-13-15-8-22(32-28-11-15)31-21-6-4-18-19(30-21)7-16(10-26-18)17(12-25-2)23(24)14-3-5-20(29-13)27-9-14/h3-13,24-25H,1-2H3,(H,27,29)(H,30,31,32)/b17-12-,24-23?. The summed E-state index contributed by atoms with van der Waals surface area (Å²) in [4.78, 5) is 13.8. The third-order valence-electron chi connectivity index (χ3n) is 5.25. The maximum Gasteiger partial charge on any atom is 0.154 e. The Kier molecular flexibility index (Phi) is 4.91. The average molecular weight is 423 g/mol. The van der Waals surface area contributed by atoms with Crippen LogP contribution in [0.15, 0.2) is 61.2 Å². The lowest BCUT2D eigenvalue weighted by Gasteiger charge is -2.16. The van der Waals surface area contributed by atoms with Crippen LogP contribution in [0.1, 0.15) is 29.7 Å². The normalized spacial score (nSPS) is 16.8. The van der Waals surface area contributed by atoms with Gasteiger partial charge in [0.1, 0.15) is 11.6 Å². The van der Waals surface area contributed by atoms with Gasteiger partial charge in [0.05, 0.1) is 29.0 Å². The molecule has 1 atom stereocenters. The summed E-state index contributed by atoms with van der Waals surface area (Å²) in [5.41, 5.74) is 4.93. The molecule has 6 rings (SSSR count). The molecule has 9 heteroatoms. The molecule has 0 fully saturated rings. The van der Waals surface area contributed by atoms with Crippen LogP contribution in [0.3, 0.4) is 0 Å². The number of anilines is 3. The molecule has 158 valence electrons. The Bertz CT molecular complexity index is 1350. The summed E-state index contributed by atoms with van der Waals surface area (Å²) in [5, 5.41) is 26.7. The van der Waals surface area contributed by atoms with Gasteiger partial charge >= 0.3 is 0 Å². The summed E-state index contributed by atoms with van der Waals surface area (Å²) < 4.78 is 0. The molecule has 9 nitrogen and oxygen atoms in total. The van der Waals surface area contributed by atoms with Crippen molar-refractivity contribution in [2.24, 2.45) is 0 Å². The van der Waals surface area contributed by atoms with Crippen molar-refractivity contribution in [3.63, 3.8) is 0 Å². The molecule has 0 aromatic carbocycles. The summed E-state index contributed by atoms with van der Waals surface area (Å²) >= 11 is 0. The molecular weight excluding hydrogens is 402 g/mol. The van der Waals surface area contributed by atoms with Crippen molar-refractivity contribution in [3.05, 3.63) is 77.9 Å². The summed E-state index contributed by atoms with van der Waals surface area (Å²) in [7, 11) is 1.80. The fourth-order valence-electron chi connectivity index (χ4n) is 3.57. The fraction of sp³-hybridized carbons (Fsp3) is 0.130. The first-order valence-electron chi connectivity index (χ1n) is 10.2. The van der Waals surface area contributed by atoms with Gasteiger partial charge in [-0.25, -0.2) is 9.97 Å². The number of fused-ring (bicyclic) bond motifs is 4. The zero-order chi connectivity index (χ0) is 22.1. The number of allylic oxidation sites excluding steroid dienone is 1. The molecule has 0 amide bonds. The first-order valence-corrected chi connectivity index (χ1v) is 10.2. The third-order valence-corrected chi connectivity index (χ3v) is 5.25. The zero-order valence-electron chi connectivity index (χ0n) is 17.6. The number of nitrogens with zero attached hydrogens (tertiary/aromatic N) is 5. The van der Waals surface area contributed by atoms with Gasteiger partial charge in [-0.1, -0.05) is 0 Å². The smallest absolute Gasteiger partial charge is 0.154 e. The molecule has 0 saturated heterocycles. The van der Waals surface area contributed by atoms with Crippen molar-refractivity contribution in [3.8, 4) is 0 Å². The predicted molar refractivity (Wildman–Crippen MR) is 125 cm³/mol. The maximum atomic E-state index is 8.80. The predicted octanol–water partition coefficient (Wildman–Crippen LogP) is 3.67. The Balaban J connectivity index is 1.69. The average Bonchev–Trinajstić information content (AvgIpc) is 2.82. The van der Waals surface area contributed by atoms with E-state index in [1.54, 1.807) is 31.8 Å². The van der Waals surface area contributed by atoms with Crippen molar-refractivity contribution >= 4 is 39.8 Å². The van der Waals surface area contributed by atoms with Crippen LogP contribution in [0.2, 0.25) is 0 Å². The van der Waals surface area contributed by atoms with E-state index in [-0.39, 0.29) is 6.04 Å². The Morgan fingerprint density at radius 1 is 0.938 bits per heavy atom. The van der Waals surface area contributed by atoms with Crippen LogP contribution in [-0.4, -0.2) is 37.9 Å². The second-order valence-electron chi connectivity index (χ2n) is 7.48. The van der Waals surface area contributed by atoms with Gasteiger partial charge in [0.25, 0.3) is 0 Å². The van der Waals surface area contributed by atoms with Crippen molar-refractivity contribution in [2.45, 2.75) is 13.0 Å². The molecule has 1 unspecified atom stereocenters. The molecule has 32 heavy (non-hydrogen) atoms. The number of hydrogen-bond acceptors (Lipinski definition) is 9. The van der Waals surface area contributed by atoms with E-state index in [1.165, 1.54) is 0 Å². The molecule has 4 aromatic heterocycles. The lowest BCUT2D eigenvalue weighted by Crippen LogP contribution is -2.11. The number of nitrogens with one attached hydrogen (secondary N) is 4. The highest BCUT2D eigenvalue weighted by atomic mass is 15.2. The minimum Gasteiger partial charge on any atom is -0.393 e. The van der Waals surface area contributed by atoms with Gasteiger partial charge in [0.2, 0.25) is 0 Å². The third kappa shape index (κ3) is 3.71. The molecule has 2 aliphatic heterocycles. The molecule has 6 heterocycles. The highest BCUT2D eigenvalue weighted by Crippen LogP contribution is 2.25. The lowest BCUT2D eigenvalue weighted by molar-refractivity contribution is 0.850. The minimum atomic E-state index is -0.0473. The van der Waals surface area contributed by atoms with Gasteiger partial charge in [0, 0.05) is 42.3 Å². The molecule has 7 bridgehead atoms. The molecule has 0 aliphatic carbocycles. The van der Waals surface area contributed by atoms with E-state index in [9.17, 15) is 0 Å². The van der Waals surface area contributed by atoms with Gasteiger partial charge < -0.3 is 16.0 Å². The minimum absolute atomic E-state index is 0.0473. The molecule has 0 radical (unpaired) electrons. The van der Waals surface area contributed by atoms with Gasteiger partial charge in [-0.2, -0.15) is 5.10 Å². The van der Waals surface area contributed by atoms with E-state index >= 15 is 0 Å². The van der Waals surface area contributed by atoms with Crippen LogP contribution in [0.25, 0.3) is 16.6 Å². The fourth-order valence-corrected chi connectivity index (χ4v) is 3.57. The van der Waals surface area contributed by atoms with Gasteiger partial charge in [-0.05, 0) is 48.9 Å². The molecular formula is C23H21N9. The van der Waals surface area contributed by atoms with E-state index in [0.717, 1.165) is 16.6 Å². The van der Waals surface area contributed by atoms with Crippen molar-refractivity contribution < 1.29 is 0 Å². The van der Waals surface area contributed by atoms with Gasteiger partial charge in [-0.15, -0.1) is 5.10 Å². The second kappa shape index (κ2) is 8.03. The zero-order valence-corrected chi connectivity index (χ0v) is 17.6. The van der Waals surface area contributed by atoms with Crippen LogP contribution in [0, 0.1) is 5.41 Å². The second-order valence-corrected chi connectivity index (χ2v) is 7.48. The van der Waals surface area contributed by atoms with E-state index < -0.39 is 0 Å². The first kappa shape index (κ1) is 19.6. The van der Waals surface area contributed by atoms with Crippen molar-refractivity contribution in [1.82, 2.24) is 30.5 Å². The van der Waals surface area contributed by atoms with Crippen LogP contribution in [-0.2, 0) is 0 Å². The van der Waals surface area contributed by atoms with Gasteiger partial charge in [0.15, 0.2) is 5.82 Å². The maximum absolute atomic E-state index is 8.80.